The molecule has 0 unspecified atom stereocenters. The molecular formula is C24H30N2O4S. The Morgan fingerprint density at radius 3 is 2.35 bits per heavy atom. The lowest BCUT2D eigenvalue weighted by Gasteiger charge is -2.28. The minimum Gasteiger partial charge on any atom is -0.494 e. The molecule has 2 aromatic carbocycles. The molecule has 4 atom stereocenters. The highest BCUT2D eigenvalue weighted by Crippen LogP contribution is 2.49. The third-order valence-electron chi connectivity index (χ3n) is 6.63. The van der Waals surface area contributed by atoms with Crippen LogP contribution in [0, 0.1) is 17.8 Å². The quantitative estimate of drug-likeness (QED) is 0.633. The lowest BCUT2D eigenvalue weighted by Crippen LogP contribution is -2.40. The van der Waals surface area contributed by atoms with E-state index in [-0.39, 0.29) is 16.8 Å². The number of sulfonamides is 1. The van der Waals surface area contributed by atoms with Crippen LogP contribution in [0.2, 0.25) is 0 Å². The van der Waals surface area contributed by atoms with Crippen LogP contribution < -0.4 is 14.8 Å². The number of nitrogens with one attached hydrogen (secondary N) is 2. The van der Waals surface area contributed by atoms with Crippen molar-refractivity contribution in [3.05, 3.63) is 54.1 Å². The van der Waals surface area contributed by atoms with Crippen LogP contribution in [-0.2, 0) is 10.0 Å². The molecule has 2 aliphatic carbocycles. The standard InChI is InChI=1S/C24H30N2O4S/c1-3-30-21-10-6-18(7-11-21)24(27)25-20-8-12-22(13-9-20)31(28,29)26-16(2)23-15-17-4-5-19(23)14-17/h6-13,16-17,19,23,26H,3-5,14-15H2,1-2H3,(H,25,27)/t16-,17-,19-,23+/m1/s1. The number of rotatable bonds is 8. The van der Waals surface area contributed by atoms with E-state index in [2.05, 4.69) is 10.0 Å². The Bertz CT molecular complexity index is 1020. The molecule has 1 amide bonds. The van der Waals surface area contributed by atoms with E-state index in [1.54, 1.807) is 36.4 Å². The Morgan fingerprint density at radius 2 is 1.77 bits per heavy atom. The van der Waals surface area contributed by atoms with Crippen molar-refractivity contribution in [2.45, 2.75) is 50.5 Å². The fraction of sp³-hybridized carbons (Fsp3) is 0.458. The Morgan fingerprint density at radius 1 is 1.06 bits per heavy atom. The van der Waals surface area contributed by atoms with Gasteiger partial charge in [-0.05, 0) is 99.4 Å². The van der Waals surface area contributed by atoms with E-state index >= 15 is 0 Å². The van der Waals surface area contributed by atoms with Crippen LogP contribution in [0.3, 0.4) is 0 Å². The zero-order valence-electron chi connectivity index (χ0n) is 18.0. The molecule has 31 heavy (non-hydrogen) atoms. The molecule has 0 aromatic heterocycles. The second kappa shape index (κ2) is 9.01. The predicted octanol–water partition coefficient (Wildman–Crippen LogP) is 4.44. The molecule has 2 aromatic rings. The molecule has 0 saturated heterocycles. The largest absolute Gasteiger partial charge is 0.494 e. The van der Waals surface area contributed by atoms with Gasteiger partial charge in [0.15, 0.2) is 0 Å². The minimum atomic E-state index is -3.60. The molecule has 0 radical (unpaired) electrons. The second-order valence-corrected chi connectivity index (χ2v) is 10.4. The summed E-state index contributed by atoms with van der Waals surface area (Å²) in [7, 11) is -3.60. The molecule has 0 spiro atoms. The first-order valence-corrected chi connectivity index (χ1v) is 12.5. The molecule has 2 bridgehead atoms. The third kappa shape index (κ3) is 4.93. The van der Waals surface area contributed by atoms with E-state index in [0.717, 1.165) is 12.3 Å². The number of anilines is 1. The first-order valence-electron chi connectivity index (χ1n) is 11.0. The summed E-state index contributed by atoms with van der Waals surface area (Å²) in [6.45, 7) is 4.45. The van der Waals surface area contributed by atoms with Gasteiger partial charge in [0, 0.05) is 17.3 Å². The summed E-state index contributed by atoms with van der Waals surface area (Å²) in [6.07, 6.45) is 4.90. The number of fused-ring (bicyclic) bond motifs is 2. The number of carbonyl (C=O) groups excluding carboxylic acids is 1. The number of benzene rings is 2. The number of hydrogen-bond acceptors (Lipinski definition) is 4. The van der Waals surface area contributed by atoms with Gasteiger partial charge in [0.05, 0.1) is 11.5 Å². The van der Waals surface area contributed by atoms with Crippen molar-refractivity contribution in [3.63, 3.8) is 0 Å². The molecule has 7 heteroatoms. The highest BCUT2D eigenvalue weighted by Gasteiger charge is 2.42. The van der Waals surface area contributed by atoms with Crippen molar-refractivity contribution >= 4 is 21.6 Å². The van der Waals surface area contributed by atoms with E-state index in [1.807, 2.05) is 13.8 Å². The van der Waals surface area contributed by atoms with Gasteiger partial charge in [-0.15, -0.1) is 0 Å². The van der Waals surface area contributed by atoms with E-state index in [9.17, 15) is 13.2 Å². The van der Waals surface area contributed by atoms with Crippen molar-refractivity contribution in [3.8, 4) is 5.75 Å². The van der Waals surface area contributed by atoms with E-state index in [4.69, 9.17) is 4.74 Å². The molecule has 0 aliphatic heterocycles. The van der Waals surface area contributed by atoms with Crippen LogP contribution in [0.5, 0.6) is 5.75 Å². The van der Waals surface area contributed by atoms with Gasteiger partial charge in [0.25, 0.3) is 5.91 Å². The predicted molar refractivity (Wildman–Crippen MR) is 121 cm³/mol. The molecule has 2 N–H and O–H groups in total. The van der Waals surface area contributed by atoms with Crippen molar-refractivity contribution < 1.29 is 17.9 Å². The highest BCUT2D eigenvalue weighted by molar-refractivity contribution is 7.89. The zero-order chi connectivity index (χ0) is 22.0. The number of ether oxygens (including phenoxy) is 1. The smallest absolute Gasteiger partial charge is 0.255 e. The lowest BCUT2D eigenvalue weighted by molar-refractivity contribution is 0.102. The average molecular weight is 443 g/mol. The van der Waals surface area contributed by atoms with Crippen LogP contribution in [0.4, 0.5) is 5.69 Å². The zero-order valence-corrected chi connectivity index (χ0v) is 18.8. The maximum atomic E-state index is 12.8. The maximum Gasteiger partial charge on any atom is 0.255 e. The van der Waals surface area contributed by atoms with Gasteiger partial charge in [0.1, 0.15) is 5.75 Å². The van der Waals surface area contributed by atoms with Crippen LogP contribution in [-0.4, -0.2) is 27.0 Å². The molecule has 6 nitrogen and oxygen atoms in total. The van der Waals surface area contributed by atoms with Gasteiger partial charge >= 0.3 is 0 Å². The lowest BCUT2D eigenvalue weighted by atomic mass is 9.84. The summed E-state index contributed by atoms with van der Waals surface area (Å²) < 4.78 is 33.9. The van der Waals surface area contributed by atoms with Gasteiger partial charge in [-0.3, -0.25) is 4.79 Å². The maximum absolute atomic E-state index is 12.8. The summed E-state index contributed by atoms with van der Waals surface area (Å²) in [4.78, 5) is 12.6. The average Bonchev–Trinajstić information content (AvgIpc) is 3.38. The Labute approximate surface area is 184 Å². The monoisotopic (exact) mass is 442 g/mol. The normalized spacial score (nSPS) is 23.5. The van der Waals surface area contributed by atoms with Crippen molar-refractivity contribution in [2.24, 2.45) is 17.8 Å². The van der Waals surface area contributed by atoms with E-state index < -0.39 is 10.0 Å². The first kappa shape index (κ1) is 21.8. The molecule has 166 valence electrons. The van der Waals surface area contributed by atoms with E-state index in [0.29, 0.717) is 35.4 Å². The summed E-state index contributed by atoms with van der Waals surface area (Å²) in [5.41, 5.74) is 1.04. The number of carbonyl (C=O) groups is 1. The molecule has 4 rings (SSSR count). The minimum absolute atomic E-state index is 0.0701. The summed E-state index contributed by atoms with van der Waals surface area (Å²) >= 11 is 0. The van der Waals surface area contributed by atoms with Crippen molar-refractivity contribution in [1.29, 1.82) is 0 Å². The van der Waals surface area contributed by atoms with Crippen LogP contribution >= 0.6 is 0 Å². The summed E-state index contributed by atoms with van der Waals surface area (Å²) in [5.74, 6) is 2.31. The fourth-order valence-corrected chi connectivity index (χ4v) is 6.39. The molecular weight excluding hydrogens is 412 g/mol. The first-order chi connectivity index (χ1) is 14.9. The third-order valence-corrected chi connectivity index (χ3v) is 8.20. The van der Waals surface area contributed by atoms with Crippen LogP contribution in [0.15, 0.2) is 53.4 Å². The second-order valence-electron chi connectivity index (χ2n) is 8.68. The van der Waals surface area contributed by atoms with Gasteiger partial charge in [-0.2, -0.15) is 0 Å². The number of hydrogen-bond donors (Lipinski definition) is 2. The highest BCUT2D eigenvalue weighted by atomic mass is 32.2. The Balaban J connectivity index is 1.37. The van der Waals surface area contributed by atoms with Crippen molar-refractivity contribution in [1.82, 2.24) is 4.72 Å². The van der Waals surface area contributed by atoms with Crippen molar-refractivity contribution in [2.75, 3.05) is 11.9 Å². The van der Waals surface area contributed by atoms with Gasteiger partial charge < -0.3 is 10.1 Å². The molecule has 0 heterocycles. The van der Waals surface area contributed by atoms with Crippen LogP contribution in [0.1, 0.15) is 49.9 Å². The number of amides is 1. The molecule has 2 fully saturated rings. The SMILES string of the molecule is CCOc1ccc(C(=O)Nc2ccc(S(=O)(=O)N[C@H](C)[C@@H]3C[C@@H]4CC[C@@H]3C4)cc2)cc1. The van der Waals surface area contributed by atoms with E-state index in [1.165, 1.54) is 31.4 Å². The fourth-order valence-electron chi connectivity index (χ4n) is 5.10. The van der Waals surface area contributed by atoms with Crippen LogP contribution in [0.25, 0.3) is 0 Å². The molecule has 2 saturated carbocycles. The Hall–Kier alpha value is -2.38. The summed E-state index contributed by atoms with van der Waals surface area (Å²) in [5, 5.41) is 2.80. The topological polar surface area (TPSA) is 84.5 Å². The Kier molecular flexibility index (Phi) is 6.34. The van der Waals surface area contributed by atoms with Gasteiger partial charge in [-0.25, -0.2) is 13.1 Å². The van der Waals surface area contributed by atoms with Gasteiger partial charge in [-0.1, -0.05) is 6.42 Å². The summed E-state index contributed by atoms with van der Waals surface area (Å²) in [6, 6.07) is 13.1. The molecule has 2 aliphatic rings. The van der Waals surface area contributed by atoms with Gasteiger partial charge in [0.2, 0.25) is 10.0 Å².